The van der Waals surface area contributed by atoms with Gasteiger partial charge in [-0.15, -0.1) is 11.6 Å². The van der Waals surface area contributed by atoms with Crippen molar-refractivity contribution in [2.75, 3.05) is 5.88 Å². The summed E-state index contributed by atoms with van der Waals surface area (Å²) in [6.45, 7) is 0.956. The maximum Gasteiger partial charge on any atom is 0.252 e. The molecule has 0 aromatic heterocycles. The molecule has 5 nitrogen and oxygen atoms in total. The van der Waals surface area contributed by atoms with Crippen LogP contribution in [0.4, 0.5) is 0 Å². The van der Waals surface area contributed by atoms with Crippen molar-refractivity contribution in [2.24, 2.45) is 11.8 Å². The largest absolute Gasteiger partial charge is 0.362 e. The van der Waals surface area contributed by atoms with Gasteiger partial charge < -0.3 is 15.4 Å². The fraction of sp³-hybridized carbons (Fsp3) is 0.600. The van der Waals surface area contributed by atoms with E-state index in [4.69, 9.17) is 16.3 Å². The fourth-order valence-corrected chi connectivity index (χ4v) is 5.06. The van der Waals surface area contributed by atoms with E-state index in [2.05, 4.69) is 10.6 Å². The summed E-state index contributed by atoms with van der Waals surface area (Å²) in [6, 6.07) is 7.86. The van der Waals surface area contributed by atoms with Crippen molar-refractivity contribution in [2.45, 2.75) is 56.9 Å². The number of benzene rings is 1. The Labute approximate surface area is 158 Å². The number of amides is 2. The second-order valence-electron chi connectivity index (χ2n) is 7.99. The van der Waals surface area contributed by atoms with Gasteiger partial charge in [0.1, 0.15) is 11.5 Å². The molecule has 4 fully saturated rings. The minimum Gasteiger partial charge on any atom is -0.362 e. The summed E-state index contributed by atoms with van der Waals surface area (Å²) >= 11 is 5.46. The number of carbonyl (C=O) groups is 2. The summed E-state index contributed by atoms with van der Waals surface area (Å²) in [7, 11) is 0. The van der Waals surface area contributed by atoms with E-state index in [0.717, 1.165) is 36.8 Å². The molecule has 140 valence electrons. The van der Waals surface area contributed by atoms with E-state index >= 15 is 0 Å². The zero-order chi connectivity index (χ0) is 18.1. The van der Waals surface area contributed by atoms with Gasteiger partial charge in [-0.3, -0.25) is 9.59 Å². The maximum atomic E-state index is 12.9. The van der Waals surface area contributed by atoms with Crippen LogP contribution in [0.15, 0.2) is 24.3 Å². The second kappa shape index (κ2) is 7.20. The van der Waals surface area contributed by atoms with E-state index in [0.29, 0.717) is 24.9 Å². The highest BCUT2D eigenvalue weighted by molar-refractivity contribution is 6.27. The van der Waals surface area contributed by atoms with Gasteiger partial charge in [-0.2, -0.15) is 0 Å². The molecule has 2 N–H and O–H groups in total. The standard InChI is InChI=1S/C20H25ClN2O3/c21-10-18(24)22-11-13-1-3-14(4-2-13)12-23-19(25)20-8-15-5-16(9-20)7-17(6-15)26-20/h1-4,15-17H,5-12H2,(H,22,24)(H,23,25). The summed E-state index contributed by atoms with van der Waals surface area (Å²) in [5.74, 6) is 1.16. The first kappa shape index (κ1) is 17.8. The smallest absolute Gasteiger partial charge is 0.252 e. The molecule has 26 heavy (non-hydrogen) atoms. The number of rotatable bonds is 6. The molecule has 1 aromatic rings. The van der Waals surface area contributed by atoms with Gasteiger partial charge in [-0.05, 0) is 55.1 Å². The van der Waals surface area contributed by atoms with E-state index in [1.54, 1.807) is 0 Å². The van der Waals surface area contributed by atoms with Crippen LogP contribution in [0.3, 0.4) is 0 Å². The van der Waals surface area contributed by atoms with Crippen molar-refractivity contribution in [1.29, 1.82) is 0 Å². The van der Waals surface area contributed by atoms with E-state index in [-0.39, 0.29) is 23.8 Å². The summed E-state index contributed by atoms with van der Waals surface area (Å²) in [5, 5.41) is 5.82. The van der Waals surface area contributed by atoms with Crippen molar-refractivity contribution >= 4 is 23.4 Å². The number of carbonyl (C=O) groups excluding carboxylic acids is 2. The third-order valence-corrected chi connectivity index (χ3v) is 6.23. The molecule has 2 unspecified atom stereocenters. The molecule has 4 bridgehead atoms. The van der Waals surface area contributed by atoms with Gasteiger partial charge in [-0.25, -0.2) is 0 Å². The molecule has 0 radical (unpaired) electrons. The van der Waals surface area contributed by atoms with Crippen molar-refractivity contribution in [3.8, 4) is 0 Å². The lowest BCUT2D eigenvalue weighted by Gasteiger charge is -2.55. The first-order valence-corrected chi connectivity index (χ1v) is 9.96. The van der Waals surface area contributed by atoms with Gasteiger partial charge in [-0.1, -0.05) is 24.3 Å². The lowest BCUT2D eigenvalue weighted by atomic mass is 9.62. The number of hydrogen-bond acceptors (Lipinski definition) is 3. The Kier molecular flexibility index (Phi) is 4.93. The molecule has 4 aliphatic rings. The number of halogens is 1. The van der Waals surface area contributed by atoms with E-state index in [1.807, 2.05) is 24.3 Å². The molecule has 5 rings (SSSR count). The lowest BCUT2D eigenvalue weighted by molar-refractivity contribution is -0.218. The van der Waals surface area contributed by atoms with Gasteiger partial charge in [0.25, 0.3) is 5.91 Å². The number of hydrogen-bond donors (Lipinski definition) is 2. The first-order valence-electron chi connectivity index (χ1n) is 9.43. The summed E-state index contributed by atoms with van der Waals surface area (Å²) in [6.07, 6.45) is 5.59. The Hall–Kier alpha value is -1.59. The van der Waals surface area contributed by atoms with Gasteiger partial charge in [0.05, 0.1) is 6.10 Å². The highest BCUT2D eigenvalue weighted by Gasteiger charge is 2.55. The molecule has 6 heteroatoms. The zero-order valence-corrected chi connectivity index (χ0v) is 15.6. The van der Waals surface area contributed by atoms with Gasteiger partial charge in [0.15, 0.2) is 0 Å². The van der Waals surface area contributed by atoms with Crippen LogP contribution in [0.25, 0.3) is 0 Å². The number of nitrogens with one attached hydrogen (secondary N) is 2. The van der Waals surface area contributed by atoms with Crippen LogP contribution < -0.4 is 10.6 Å². The number of alkyl halides is 1. The zero-order valence-electron chi connectivity index (χ0n) is 14.8. The Bertz CT molecular complexity index is 654. The monoisotopic (exact) mass is 376 g/mol. The lowest BCUT2D eigenvalue weighted by Crippen LogP contribution is -2.61. The van der Waals surface area contributed by atoms with Crippen molar-refractivity contribution < 1.29 is 14.3 Å². The predicted molar refractivity (Wildman–Crippen MR) is 98.5 cm³/mol. The Morgan fingerprint density at radius 2 is 1.58 bits per heavy atom. The van der Waals surface area contributed by atoms with Crippen LogP contribution in [-0.4, -0.2) is 29.4 Å². The second-order valence-corrected chi connectivity index (χ2v) is 8.26. The molecule has 2 amide bonds. The van der Waals surface area contributed by atoms with Crippen LogP contribution in [0.5, 0.6) is 0 Å². The Morgan fingerprint density at radius 1 is 1.00 bits per heavy atom. The molecule has 2 atom stereocenters. The molecule has 2 saturated carbocycles. The van der Waals surface area contributed by atoms with Gasteiger partial charge in [0.2, 0.25) is 5.91 Å². The molecular weight excluding hydrogens is 352 g/mol. The average Bonchev–Trinajstić information content (AvgIpc) is 2.63. The molecule has 2 saturated heterocycles. The SMILES string of the molecule is O=C(CCl)NCc1ccc(CNC(=O)C23CC4CC(CC(C4)O2)C3)cc1. The fourth-order valence-electron chi connectivity index (χ4n) is 4.97. The topological polar surface area (TPSA) is 67.4 Å². The van der Waals surface area contributed by atoms with Crippen LogP contribution in [0.2, 0.25) is 0 Å². The van der Waals surface area contributed by atoms with Crippen molar-refractivity contribution in [3.63, 3.8) is 0 Å². The average molecular weight is 377 g/mol. The Balaban J connectivity index is 1.31. The molecule has 2 heterocycles. The minimum absolute atomic E-state index is 0.0312. The third-order valence-electron chi connectivity index (χ3n) is 5.99. The predicted octanol–water partition coefficient (Wildman–Crippen LogP) is 2.51. The van der Waals surface area contributed by atoms with Crippen LogP contribution in [-0.2, 0) is 27.4 Å². The molecule has 2 aliphatic carbocycles. The van der Waals surface area contributed by atoms with Crippen LogP contribution >= 0.6 is 11.6 Å². The third kappa shape index (κ3) is 3.60. The summed E-state index contributed by atoms with van der Waals surface area (Å²) in [4.78, 5) is 24.0. The van der Waals surface area contributed by atoms with Crippen molar-refractivity contribution in [1.82, 2.24) is 10.6 Å². The molecule has 0 spiro atoms. The van der Waals surface area contributed by atoms with E-state index < -0.39 is 5.60 Å². The maximum absolute atomic E-state index is 12.9. The van der Waals surface area contributed by atoms with E-state index in [1.165, 1.54) is 6.42 Å². The number of ether oxygens (including phenoxy) is 1. The highest BCUT2D eigenvalue weighted by Crippen LogP contribution is 2.53. The minimum atomic E-state index is -0.583. The summed E-state index contributed by atoms with van der Waals surface area (Å²) in [5.41, 5.74) is 1.46. The molecule has 2 aliphatic heterocycles. The summed E-state index contributed by atoms with van der Waals surface area (Å²) < 4.78 is 6.18. The highest BCUT2D eigenvalue weighted by atomic mass is 35.5. The van der Waals surface area contributed by atoms with Crippen molar-refractivity contribution in [3.05, 3.63) is 35.4 Å². The van der Waals surface area contributed by atoms with Crippen LogP contribution in [0, 0.1) is 11.8 Å². The van der Waals surface area contributed by atoms with Gasteiger partial charge >= 0.3 is 0 Å². The quantitative estimate of drug-likeness (QED) is 0.749. The first-order chi connectivity index (χ1) is 12.6. The normalized spacial score (nSPS) is 31.7. The van der Waals surface area contributed by atoms with Crippen LogP contribution in [0.1, 0.15) is 43.2 Å². The molecule has 1 aromatic carbocycles. The molecular formula is C20H25ClN2O3. The van der Waals surface area contributed by atoms with Gasteiger partial charge in [0, 0.05) is 13.1 Å². The van der Waals surface area contributed by atoms with E-state index in [9.17, 15) is 9.59 Å². The Morgan fingerprint density at radius 3 is 2.12 bits per heavy atom.